The summed E-state index contributed by atoms with van der Waals surface area (Å²) in [5.74, 6) is -0.777. The number of nitrogens with one attached hydrogen (secondary N) is 2. The second kappa shape index (κ2) is 13.8. The van der Waals surface area contributed by atoms with Crippen molar-refractivity contribution in [1.29, 1.82) is 0 Å². The van der Waals surface area contributed by atoms with Crippen molar-refractivity contribution >= 4 is 17.9 Å². The number of rotatable bonds is 12. The largest absolute Gasteiger partial charge is 0.444 e. The summed E-state index contributed by atoms with van der Waals surface area (Å²) < 4.78 is 5.41. The standard InChI is InChI=1S/C27H43N3O4/c1-9-12-16-28-24(31)23(21-15-13-14-19(4)18-21)30(17-10-2)25(32)22(20(5)11-3)29-26(33)34-27(6,7)8/h10,13-15,18,20,22-23H,2,9,11-12,16-17H2,1,3-8H3,(H,28,31)(H,29,33). The molecular weight excluding hydrogens is 430 g/mol. The molecule has 0 bridgehead atoms. The van der Waals surface area contributed by atoms with Crippen LogP contribution in [0.5, 0.6) is 0 Å². The highest BCUT2D eigenvalue weighted by molar-refractivity contribution is 5.92. The molecule has 3 unspecified atom stereocenters. The number of unbranched alkanes of at least 4 members (excludes halogenated alkanes) is 1. The van der Waals surface area contributed by atoms with E-state index >= 15 is 0 Å². The summed E-state index contributed by atoms with van der Waals surface area (Å²) in [6, 6.07) is 5.87. The monoisotopic (exact) mass is 473 g/mol. The van der Waals surface area contributed by atoms with E-state index in [1.54, 1.807) is 26.8 Å². The molecule has 0 radical (unpaired) electrons. The smallest absolute Gasteiger partial charge is 0.408 e. The normalized spacial score (nSPS) is 13.9. The van der Waals surface area contributed by atoms with Gasteiger partial charge in [-0.3, -0.25) is 9.59 Å². The van der Waals surface area contributed by atoms with Crippen molar-refractivity contribution in [3.8, 4) is 0 Å². The van der Waals surface area contributed by atoms with Gasteiger partial charge in [-0.25, -0.2) is 4.79 Å². The van der Waals surface area contributed by atoms with Gasteiger partial charge in [0.1, 0.15) is 17.7 Å². The summed E-state index contributed by atoms with van der Waals surface area (Å²) in [5.41, 5.74) is 1.00. The van der Waals surface area contributed by atoms with Crippen molar-refractivity contribution in [2.45, 2.75) is 85.4 Å². The Kier molecular flexibility index (Phi) is 11.8. The maximum atomic E-state index is 13.9. The molecule has 0 spiro atoms. The van der Waals surface area contributed by atoms with E-state index < -0.39 is 23.8 Å². The third-order valence-electron chi connectivity index (χ3n) is 5.51. The minimum Gasteiger partial charge on any atom is -0.444 e. The van der Waals surface area contributed by atoms with Crippen LogP contribution in [0.15, 0.2) is 36.9 Å². The highest BCUT2D eigenvalue weighted by Gasteiger charge is 2.37. The topological polar surface area (TPSA) is 87.7 Å². The third kappa shape index (κ3) is 9.20. The number of carbonyl (C=O) groups excluding carboxylic acids is 3. The zero-order chi connectivity index (χ0) is 25.9. The van der Waals surface area contributed by atoms with Crippen LogP contribution in [0.25, 0.3) is 0 Å². The van der Waals surface area contributed by atoms with Gasteiger partial charge in [0.2, 0.25) is 11.8 Å². The van der Waals surface area contributed by atoms with Crippen molar-refractivity contribution in [3.63, 3.8) is 0 Å². The number of ether oxygens (including phenoxy) is 1. The van der Waals surface area contributed by atoms with Gasteiger partial charge < -0.3 is 20.3 Å². The number of benzene rings is 1. The highest BCUT2D eigenvalue weighted by Crippen LogP contribution is 2.25. The van der Waals surface area contributed by atoms with E-state index in [2.05, 4.69) is 24.1 Å². The first-order chi connectivity index (χ1) is 15.9. The molecule has 1 aromatic rings. The van der Waals surface area contributed by atoms with Crippen LogP contribution in [0.1, 0.15) is 78.0 Å². The second-order valence-electron chi connectivity index (χ2n) is 9.75. The molecule has 3 atom stereocenters. The average Bonchev–Trinajstić information content (AvgIpc) is 2.75. The SMILES string of the molecule is C=CCN(C(=O)C(NC(=O)OC(C)(C)C)C(C)CC)C(C(=O)NCCCC)c1cccc(C)c1. The van der Waals surface area contributed by atoms with E-state index in [-0.39, 0.29) is 24.3 Å². The molecule has 0 heterocycles. The van der Waals surface area contributed by atoms with Gasteiger partial charge in [0.25, 0.3) is 0 Å². The summed E-state index contributed by atoms with van der Waals surface area (Å²) in [6.07, 6.45) is 3.38. The van der Waals surface area contributed by atoms with Crippen molar-refractivity contribution in [2.24, 2.45) is 5.92 Å². The van der Waals surface area contributed by atoms with Crippen LogP contribution in [-0.2, 0) is 14.3 Å². The Hall–Kier alpha value is -2.83. The number of amides is 3. The van der Waals surface area contributed by atoms with Crippen molar-refractivity contribution in [3.05, 3.63) is 48.0 Å². The maximum Gasteiger partial charge on any atom is 0.408 e. The molecule has 0 aliphatic heterocycles. The van der Waals surface area contributed by atoms with Crippen LogP contribution in [0.2, 0.25) is 0 Å². The number of nitrogens with zero attached hydrogens (tertiary/aromatic N) is 1. The van der Waals surface area contributed by atoms with Gasteiger partial charge in [-0.2, -0.15) is 0 Å². The van der Waals surface area contributed by atoms with Crippen LogP contribution in [0, 0.1) is 12.8 Å². The van der Waals surface area contributed by atoms with Crippen LogP contribution in [0.4, 0.5) is 4.79 Å². The second-order valence-corrected chi connectivity index (χ2v) is 9.75. The maximum absolute atomic E-state index is 13.9. The molecule has 3 amide bonds. The Balaban J connectivity index is 3.41. The minimum atomic E-state index is -0.853. The quantitative estimate of drug-likeness (QED) is 0.334. The van der Waals surface area contributed by atoms with Gasteiger partial charge in [-0.05, 0) is 45.6 Å². The van der Waals surface area contributed by atoms with Crippen LogP contribution in [-0.4, -0.2) is 47.5 Å². The number of carbonyl (C=O) groups is 3. The van der Waals surface area contributed by atoms with Crippen LogP contribution in [0.3, 0.4) is 0 Å². The Bertz CT molecular complexity index is 831. The highest BCUT2D eigenvalue weighted by atomic mass is 16.6. The lowest BCUT2D eigenvalue weighted by molar-refractivity contribution is -0.142. The number of hydrogen-bond donors (Lipinski definition) is 2. The molecule has 0 saturated heterocycles. The zero-order valence-corrected chi connectivity index (χ0v) is 21.9. The van der Waals surface area contributed by atoms with Gasteiger partial charge in [0.15, 0.2) is 0 Å². The first kappa shape index (κ1) is 29.2. The average molecular weight is 474 g/mol. The van der Waals surface area contributed by atoms with Crippen molar-refractivity contribution < 1.29 is 19.1 Å². The molecule has 190 valence electrons. The Morgan fingerprint density at radius 3 is 2.41 bits per heavy atom. The van der Waals surface area contributed by atoms with Crippen LogP contribution >= 0.6 is 0 Å². The van der Waals surface area contributed by atoms with E-state index in [1.807, 2.05) is 45.0 Å². The summed E-state index contributed by atoms with van der Waals surface area (Å²) in [6.45, 7) is 17.6. The van der Waals surface area contributed by atoms with E-state index in [0.717, 1.165) is 18.4 Å². The Labute approximate surface area is 205 Å². The Morgan fingerprint density at radius 2 is 1.88 bits per heavy atom. The van der Waals surface area contributed by atoms with E-state index in [0.29, 0.717) is 18.5 Å². The van der Waals surface area contributed by atoms with Gasteiger partial charge in [-0.15, -0.1) is 6.58 Å². The van der Waals surface area contributed by atoms with E-state index in [9.17, 15) is 14.4 Å². The molecule has 7 nitrogen and oxygen atoms in total. The molecular formula is C27H43N3O4. The van der Waals surface area contributed by atoms with Gasteiger partial charge >= 0.3 is 6.09 Å². The first-order valence-corrected chi connectivity index (χ1v) is 12.2. The molecule has 0 aliphatic rings. The van der Waals surface area contributed by atoms with Crippen LogP contribution < -0.4 is 10.6 Å². The lowest BCUT2D eigenvalue weighted by Gasteiger charge is -2.35. The minimum absolute atomic E-state index is 0.154. The zero-order valence-electron chi connectivity index (χ0n) is 21.9. The summed E-state index contributed by atoms with van der Waals surface area (Å²) >= 11 is 0. The molecule has 2 N–H and O–H groups in total. The van der Waals surface area contributed by atoms with E-state index in [1.165, 1.54) is 4.90 Å². The molecule has 7 heteroatoms. The molecule has 0 fully saturated rings. The summed E-state index contributed by atoms with van der Waals surface area (Å²) in [5, 5.41) is 5.72. The predicted molar refractivity (Wildman–Crippen MR) is 136 cm³/mol. The Morgan fingerprint density at radius 1 is 1.21 bits per heavy atom. The van der Waals surface area contributed by atoms with E-state index in [4.69, 9.17) is 4.74 Å². The predicted octanol–water partition coefficient (Wildman–Crippen LogP) is 4.91. The fourth-order valence-electron chi connectivity index (χ4n) is 3.56. The molecule has 0 aromatic heterocycles. The number of aryl methyl sites for hydroxylation is 1. The van der Waals surface area contributed by atoms with Gasteiger partial charge in [0.05, 0.1) is 0 Å². The molecule has 1 aromatic carbocycles. The van der Waals surface area contributed by atoms with Gasteiger partial charge in [-0.1, -0.05) is 69.5 Å². The lowest BCUT2D eigenvalue weighted by Crippen LogP contribution is -2.55. The summed E-state index contributed by atoms with van der Waals surface area (Å²) in [7, 11) is 0. The fraction of sp³-hybridized carbons (Fsp3) is 0.593. The molecule has 0 aliphatic carbocycles. The first-order valence-electron chi connectivity index (χ1n) is 12.2. The van der Waals surface area contributed by atoms with Gasteiger partial charge in [0, 0.05) is 13.1 Å². The molecule has 1 rings (SSSR count). The lowest BCUT2D eigenvalue weighted by atomic mass is 9.95. The fourth-order valence-corrected chi connectivity index (χ4v) is 3.56. The third-order valence-corrected chi connectivity index (χ3v) is 5.51. The molecule has 0 saturated carbocycles. The number of alkyl carbamates (subject to hydrolysis) is 1. The van der Waals surface area contributed by atoms with Crippen molar-refractivity contribution in [1.82, 2.24) is 15.5 Å². The van der Waals surface area contributed by atoms with Crippen molar-refractivity contribution in [2.75, 3.05) is 13.1 Å². The molecule has 34 heavy (non-hydrogen) atoms. The number of hydrogen-bond acceptors (Lipinski definition) is 4. The summed E-state index contributed by atoms with van der Waals surface area (Å²) in [4.78, 5) is 41.3.